The average Bonchev–Trinajstić information content (AvgIpc) is 1.52. The number of nitrogens with zero attached hydrogens (tertiary/aromatic N) is 9. The van der Waals surface area contributed by atoms with Crippen molar-refractivity contribution in [2.24, 2.45) is 0 Å². The zero-order valence-corrected chi connectivity index (χ0v) is 61.6. The number of anilines is 1. The van der Waals surface area contributed by atoms with Crippen LogP contribution in [-0.4, -0.2) is 24.1 Å². The summed E-state index contributed by atoms with van der Waals surface area (Å²) in [5, 5.41) is 42.3. The zero-order valence-electron chi connectivity index (χ0n) is 58.7. The molecule has 8 aromatic rings. The molecule has 10 heteroatoms. The number of allylic oxidation sites excluding steroid dienone is 4. The molecule has 0 saturated heterocycles. The number of hydrogen-bond acceptors (Lipinski definition) is 7. The van der Waals surface area contributed by atoms with E-state index in [1.54, 1.807) is 12.1 Å². The minimum Gasteiger partial charge on any atom is -0.657 e. The molecule has 0 saturated carbocycles. The molecule has 0 N–H and O–H groups in total. The summed E-state index contributed by atoms with van der Waals surface area (Å²) in [6.45, 7) is 40.7. The van der Waals surface area contributed by atoms with Crippen molar-refractivity contribution in [1.82, 2.24) is 19.9 Å². The molecule has 0 spiro atoms. The van der Waals surface area contributed by atoms with Crippen LogP contribution >= 0.6 is 0 Å². The molecular formula is C84H85N9Zn. The Bertz CT molecular complexity index is 4620. The molecule has 9 nitrogen and oxygen atoms in total. The number of rotatable bonds is 8. The minimum absolute atomic E-state index is 0. The van der Waals surface area contributed by atoms with Gasteiger partial charge in [-0.15, -0.1) is 22.1 Å². The SMILES string of the molecule is CN(C)c1ccc(C(=C(C#N)C#N)C(=C(C#N)C#N)c2ccc(-c3c4nc(c(-c5cc(C(C)(C)C)cc(C(C)(C)C)c5)c5ccc([n-]5)c(-c5cc(C(C)(C)C)cc(C(C)(C)C)c5)c5nc(c(-c6cc(C(C)(C)C)cc(C(C)(C)C)c6)c6ccc3[n-]6)C=C5)C=C4)cc2)cc1.[Zn+2]. The molecule has 2 aliphatic rings. The Morgan fingerprint density at radius 3 is 0.787 bits per heavy atom. The van der Waals surface area contributed by atoms with E-state index in [0.717, 1.165) is 83.8 Å². The third-order valence-electron chi connectivity index (χ3n) is 17.8. The van der Waals surface area contributed by atoms with Gasteiger partial charge in [0, 0.05) is 30.9 Å². The maximum absolute atomic E-state index is 10.6. The smallest absolute Gasteiger partial charge is 0.657 e. The van der Waals surface area contributed by atoms with Crippen molar-refractivity contribution in [2.75, 3.05) is 19.0 Å². The standard InChI is InChI=1S/C84H85N9.Zn/c1-79(2,3)58-37-53(38-59(43-58)80(4,5)6)76-67-31-29-65(89-67)75(52-23-21-50(22-24-52)73(56(46-85)47-86)74(57(48-87)49-88)51-25-27-64(28-26-51)93(19)20)66-30-32-68(90-66)77(54-39-60(81(7,8)9)44-61(40-54)82(10,11)12)70-34-36-72(92-70)78(71-35-33-69(76)91-71)55-41-62(83(13,14)15)45-63(42-55)84(16,17)18;/h21-45H,1-20H3;/q-2;+2. The molecule has 0 amide bonds. The molecule has 2 aliphatic heterocycles. The summed E-state index contributed by atoms with van der Waals surface area (Å²) in [5.41, 5.74) is 20.9. The summed E-state index contributed by atoms with van der Waals surface area (Å²) in [6, 6.07) is 52.6. The van der Waals surface area contributed by atoms with Gasteiger partial charge in [-0.25, -0.2) is 9.97 Å². The molecule has 0 unspecified atom stereocenters. The van der Waals surface area contributed by atoms with Crippen LogP contribution in [0.15, 0.2) is 139 Å². The number of nitriles is 4. The van der Waals surface area contributed by atoms with Crippen LogP contribution < -0.4 is 14.9 Å². The van der Waals surface area contributed by atoms with E-state index in [9.17, 15) is 21.0 Å². The molecule has 0 radical (unpaired) electrons. The Balaban J connectivity index is 0.0000104. The van der Waals surface area contributed by atoms with Gasteiger partial charge in [-0.2, -0.15) is 21.0 Å². The molecular weight excluding hydrogens is 1200 g/mol. The molecule has 0 fully saturated rings. The fraction of sp³-hybridized carbons (Fsp3) is 0.310. The predicted octanol–water partition coefficient (Wildman–Crippen LogP) is 20.7. The molecule has 94 heavy (non-hydrogen) atoms. The van der Waals surface area contributed by atoms with Crippen LogP contribution in [0, 0.1) is 45.3 Å². The van der Waals surface area contributed by atoms with Gasteiger partial charge in [-0.1, -0.05) is 240 Å². The fourth-order valence-corrected chi connectivity index (χ4v) is 12.0. The maximum Gasteiger partial charge on any atom is 2.00 e. The molecule has 468 valence electrons. The van der Waals surface area contributed by atoms with Crippen LogP contribution in [0.2, 0.25) is 0 Å². The predicted molar refractivity (Wildman–Crippen MR) is 388 cm³/mol. The Hall–Kier alpha value is -9.44. The largest absolute Gasteiger partial charge is 2.00 e. The average molecular weight is 1290 g/mol. The summed E-state index contributed by atoms with van der Waals surface area (Å²) >= 11 is 0. The monoisotopic (exact) mass is 1280 g/mol. The summed E-state index contributed by atoms with van der Waals surface area (Å²) in [7, 11) is 3.84. The second-order valence-corrected chi connectivity index (χ2v) is 31.2. The zero-order chi connectivity index (χ0) is 67.7. The van der Waals surface area contributed by atoms with Crippen LogP contribution in [0.5, 0.6) is 0 Å². The Morgan fingerprint density at radius 1 is 0.330 bits per heavy atom. The van der Waals surface area contributed by atoms with E-state index in [1.165, 1.54) is 33.4 Å². The fourth-order valence-electron chi connectivity index (χ4n) is 12.0. The van der Waals surface area contributed by atoms with Gasteiger partial charge in [-0.3, -0.25) is 0 Å². The number of aromatic nitrogens is 4. The van der Waals surface area contributed by atoms with Gasteiger partial charge in [0.05, 0.1) is 22.8 Å². The van der Waals surface area contributed by atoms with Crippen LogP contribution in [0.25, 0.3) is 102 Å². The first-order valence-electron chi connectivity index (χ1n) is 32.0. The van der Waals surface area contributed by atoms with Crippen molar-refractivity contribution in [3.8, 4) is 68.8 Å². The number of hydrogen-bond donors (Lipinski definition) is 0. The first kappa shape index (κ1) is 68.9. The van der Waals surface area contributed by atoms with Gasteiger partial charge in [0.15, 0.2) is 0 Å². The van der Waals surface area contributed by atoms with E-state index in [4.69, 9.17) is 19.9 Å². The van der Waals surface area contributed by atoms with Crippen LogP contribution in [0.3, 0.4) is 0 Å². The molecule has 3 aromatic heterocycles. The van der Waals surface area contributed by atoms with E-state index in [-0.39, 0.29) is 74.3 Å². The molecule has 0 atom stereocenters. The topological polar surface area (TPSA) is 152 Å². The van der Waals surface area contributed by atoms with Crippen LogP contribution in [0.4, 0.5) is 5.69 Å². The normalized spacial score (nSPS) is 12.5. The van der Waals surface area contributed by atoms with E-state index >= 15 is 0 Å². The summed E-state index contributed by atoms with van der Waals surface area (Å²) in [4.78, 5) is 24.9. The van der Waals surface area contributed by atoms with Crippen molar-refractivity contribution in [3.05, 3.63) is 206 Å². The van der Waals surface area contributed by atoms with E-state index in [0.29, 0.717) is 22.3 Å². The summed E-state index contributed by atoms with van der Waals surface area (Å²) in [5.74, 6) is 0. The third kappa shape index (κ3) is 13.9. The Kier molecular flexibility index (Phi) is 18.7. The van der Waals surface area contributed by atoms with Crippen molar-refractivity contribution in [3.63, 3.8) is 0 Å². The Labute approximate surface area is 570 Å². The van der Waals surface area contributed by atoms with Gasteiger partial charge < -0.3 is 14.9 Å². The molecule has 5 heterocycles. The van der Waals surface area contributed by atoms with E-state index < -0.39 is 0 Å². The molecule has 0 aliphatic carbocycles. The van der Waals surface area contributed by atoms with Crippen molar-refractivity contribution < 1.29 is 19.5 Å². The number of fused-ring (bicyclic) bond motifs is 8. The first-order chi connectivity index (χ1) is 43.5. The van der Waals surface area contributed by atoms with Gasteiger partial charge >= 0.3 is 19.5 Å². The van der Waals surface area contributed by atoms with Crippen molar-refractivity contribution in [1.29, 1.82) is 21.0 Å². The van der Waals surface area contributed by atoms with Gasteiger partial charge in [0.25, 0.3) is 0 Å². The minimum atomic E-state index is -0.243. The first-order valence-corrected chi connectivity index (χ1v) is 32.0. The van der Waals surface area contributed by atoms with E-state index in [1.807, 2.05) is 55.4 Å². The molecule has 8 bridgehead atoms. The van der Waals surface area contributed by atoms with Gasteiger partial charge in [0.2, 0.25) is 0 Å². The van der Waals surface area contributed by atoms with Crippen molar-refractivity contribution >= 4 is 63.2 Å². The van der Waals surface area contributed by atoms with Crippen molar-refractivity contribution in [2.45, 2.75) is 157 Å². The van der Waals surface area contributed by atoms with Crippen LogP contribution in [-0.2, 0) is 52.0 Å². The van der Waals surface area contributed by atoms with Gasteiger partial charge in [-0.05, 0) is 158 Å². The van der Waals surface area contributed by atoms with E-state index in [2.05, 4.69) is 252 Å². The number of benzene rings is 5. The Morgan fingerprint density at radius 2 is 0.564 bits per heavy atom. The quantitative estimate of drug-likeness (QED) is 0.0822. The summed E-state index contributed by atoms with van der Waals surface area (Å²) < 4.78 is 0. The second kappa shape index (κ2) is 25.5. The van der Waals surface area contributed by atoms with Gasteiger partial charge in [0.1, 0.15) is 35.4 Å². The summed E-state index contributed by atoms with van der Waals surface area (Å²) in [6.07, 6.45) is 8.45. The maximum atomic E-state index is 10.6. The third-order valence-corrected chi connectivity index (χ3v) is 17.8. The van der Waals surface area contributed by atoms with Crippen LogP contribution in [0.1, 0.15) is 192 Å². The second-order valence-electron chi connectivity index (χ2n) is 31.2. The molecule has 5 aromatic carbocycles. The molecule has 10 rings (SSSR count).